The minimum absolute atomic E-state index is 0.0868. The molecule has 29 heavy (non-hydrogen) atoms. The van der Waals surface area contributed by atoms with E-state index >= 15 is 0 Å². The second-order valence-corrected chi connectivity index (χ2v) is 8.64. The van der Waals surface area contributed by atoms with Crippen LogP contribution in [-0.4, -0.2) is 41.3 Å². The summed E-state index contributed by atoms with van der Waals surface area (Å²) in [6.45, 7) is 0.248. The molecule has 2 aromatic carbocycles. The van der Waals surface area contributed by atoms with Crippen molar-refractivity contribution >= 4 is 69.9 Å². The Morgan fingerprint density at radius 2 is 1.97 bits per heavy atom. The summed E-state index contributed by atoms with van der Waals surface area (Å²) in [6, 6.07) is 12.2. The highest BCUT2D eigenvalue weighted by molar-refractivity contribution is 8.18. The maximum Gasteiger partial charge on any atom is 0.293 e. The van der Waals surface area contributed by atoms with Gasteiger partial charge in [-0.1, -0.05) is 41.4 Å². The maximum atomic E-state index is 12.6. The molecule has 0 bridgehead atoms. The smallest absolute Gasteiger partial charge is 0.293 e. The number of carbonyl (C=O) groups is 3. The summed E-state index contributed by atoms with van der Waals surface area (Å²) in [5.74, 6) is -0.657. The van der Waals surface area contributed by atoms with Gasteiger partial charge in [-0.25, -0.2) is 0 Å². The van der Waals surface area contributed by atoms with E-state index in [0.717, 1.165) is 21.6 Å². The second-order valence-electron chi connectivity index (χ2n) is 5.96. The van der Waals surface area contributed by atoms with E-state index in [0.29, 0.717) is 21.2 Å². The Bertz CT molecular complexity index is 1010. The van der Waals surface area contributed by atoms with Crippen molar-refractivity contribution in [1.82, 2.24) is 10.2 Å². The summed E-state index contributed by atoms with van der Waals surface area (Å²) in [5, 5.41) is 3.25. The van der Waals surface area contributed by atoms with Crippen molar-refractivity contribution in [3.05, 3.63) is 68.5 Å². The maximum absolute atomic E-state index is 12.6. The second kappa shape index (κ2) is 9.71. The minimum atomic E-state index is -0.412. The fourth-order valence-corrected chi connectivity index (χ4v) is 4.58. The van der Waals surface area contributed by atoms with Gasteiger partial charge in [0, 0.05) is 28.0 Å². The van der Waals surface area contributed by atoms with E-state index in [1.54, 1.807) is 36.4 Å². The van der Waals surface area contributed by atoms with Crippen LogP contribution < -0.4 is 5.32 Å². The van der Waals surface area contributed by atoms with Crippen molar-refractivity contribution in [2.24, 2.45) is 0 Å². The number of nitrogens with zero attached hydrogens (tertiary/aromatic N) is 1. The van der Waals surface area contributed by atoms with E-state index in [1.807, 2.05) is 18.4 Å². The molecule has 1 aliphatic rings. The fourth-order valence-electron chi connectivity index (χ4n) is 2.66. The fraction of sp³-hybridized carbons (Fsp3) is 0.150. The lowest BCUT2D eigenvalue weighted by Crippen LogP contribution is -2.37. The number of hydrogen-bond acceptors (Lipinski definition) is 5. The number of carbonyl (C=O) groups excluding carboxylic acids is 3. The van der Waals surface area contributed by atoms with Crippen LogP contribution in [0.1, 0.15) is 15.9 Å². The zero-order valence-electron chi connectivity index (χ0n) is 15.3. The summed E-state index contributed by atoms with van der Waals surface area (Å²) < 4.78 is 0. The molecule has 1 N–H and O–H groups in total. The van der Waals surface area contributed by atoms with Crippen LogP contribution >= 0.6 is 46.7 Å². The summed E-state index contributed by atoms with van der Waals surface area (Å²) in [6.07, 6.45) is 3.46. The van der Waals surface area contributed by atoms with Crippen molar-refractivity contribution in [3.63, 3.8) is 0 Å². The van der Waals surface area contributed by atoms with Crippen LogP contribution in [-0.2, 0) is 4.79 Å². The molecular formula is C20H16Cl2N2O3S2. The van der Waals surface area contributed by atoms with Crippen molar-refractivity contribution in [3.8, 4) is 0 Å². The molecule has 1 saturated heterocycles. The molecule has 3 rings (SSSR count). The Morgan fingerprint density at radius 3 is 2.69 bits per heavy atom. The van der Waals surface area contributed by atoms with Crippen molar-refractivity contribution < 1.29 is 14.4 Å². The average molecular weight is 467 g/mol. The topological polar surface area (TPSA) is 66.5 Å². The average Bonchev–Trinajstić information content (AvgIpc) is 2.97. The van der Waals surface area contributed by atoms with Gasteiger partial charge in [-0.3, -0.25) is 19.3 Å². The minimum Gasteiger partial charge on any atom is -0.350 e. The number of imide groups is 1. The monoisotopic (exact) mass is 466 g/mol. The molecule has 1 heterocycles. The van der Waals surface area contributed by atoms with E-state index in [9.17, 15) is 14.4 Å². The third-order valence-electron chi connectivity index (χ3n) is 4.10. The highest BCUT2D eigenvalue weighted by Gasteiger charge is 2.34. The summed E-state index contributed by atoms with van der Waals surface area (Å²) >= 11 is 14.3. The van der Waals surface area contributed by atoms with E-state index in [-0.39, 0.29) is 29.1 Å². The molecule has 0 atom stereocenters. The number of halogens is 2. The van der Waals surface area contributed by atoms with Crippen LogP contribution in [0.25, 0.3) is 6.08 Å². The molecule has 9 heteroatoms. The molecule has 0 aliphatic carbocycles. The zero-order valence-corrected chi connectivity index (χ0v) is 18.4. The van der Waals surface area contributed by atoms with Gasteiger partial charge in [0.1, 0.15) is 0 Å². The summed E-state index contributed by atoms with van der Waals surface area (Å²) in [5.41, 5.74) is 1.16. The molecule has 150 valence electrons. The normalized spacial score (nSPS) is 15.3. The number of hydrogen-bond donors (Lipinski definition) is 1. The molecule has 1 fully saturated rings. The molecule has 2 aromatic rings. The summed E-state index contributed by atoms with van der Waals surface area (Å²) in [4.78, 5) is 39.4. The lowest BCUT2D eigenvalue weighted by Gasteiger charge is -2.13. The molecule has 0 radical (unpaired) electrons. The molecule has 1 aliphatic heterocycles. The number of nitrogens with one attached hydrogen (secondary N) is 1. The molecular weight excluding hydrogens is 451 g/mol. The van der Waals surface area contributed by atoms with E-state index < -0.39 is 5.91 Å². The van der Waals surface area contributed by atoms with E-state index in [2.05, 4.69) is 5.32 Å². The van der Waals surface area contributed by atoms with Gasteiger partial charge in [0.2, 0.25) is 0 Å². The molecule has 0 spiro atoms. The highest BCUT2D eigenvalue weighted by atomic mass is 35.5. The molecule has 0 aromatic heterocycles. The number of benzene rings is 2. The largest absolute Gasteiger partial charge is 0.350 e. The SMILES string of the molecule is CSc1ccccc1C(=O)NCCN1C(=O)S/C(=C\c2ccc(Cl)cc2Cl)C1=O. The van der Waals surface area contributed by atoms with Gasteiger partial charge in [0.15, 0.2) is 0 Å². The van der Waals surface area contributed by atoms with Crippen LogP contribution in [0.3, 0.4) is 0 Å². The van der Waals surface area contributed by atoms with Gasteiger partial charge in [0.05, 0.1) is 10.5 Å². The number of amides is 3. The van der Waals surface area contributed by atoms with Crippen LogP contribution in [0.15, 0.2) is 52.3 Å². The van der Waals surface area contributed by atoms with Gasteiger partial charge in [-0.05, 0) is 53.9 Å². The first-order valence-electron chi connectivity index (χ1n) is 8.52. The molecule has 5 nitrogen and oxygen atoms in total. The zero-order chi connectivity index (χ0) is 21.0. The number of rotatable bonds is 6. The Morgan fingerprint density at radius 1 is 1.21 bits per heavy atom. The Labute approximate surface area is 186 Å². The van der Waals surface area contributed by atoms with Crippen molar-refractivity contribution in [2.75, 3.05) is 19.3 Å². The Balaban J connectivity index is 1.63. The van der Waals surface area contributed by atoms with Crippen LogP contribution in [0.4, 0.5) is 4.79 Å². The predicted octanol–water partition coefficient (Wildman–Crippen LogP) is 5.18. The van der Waals surface area contributed by atoms with Gasteiger partial charge in [-0.2, -0.15) is 0 Å². The van der Waals surface area contributed by atoms with E-state index in [4.69, 9.17) is 23.2 Å². The first kappa shape index (κ1) is 21.8. The molecule has 0 unspecified atom stereocenters. The standard InChI is InChI=1S/C20H16Cl2N2O3S2/c1-28-16-5-3-2-4-14(16)18(25)23-8-9-24-19(26)17(29-20(24)27)10-12-6-7-13(21)11-15(12)22/h2-7,10-11H,8-9H2,1H3,(H,23,25)/b17-10-. The van der Waals surface area contributed by atoms with Gasteiger partial charge >= 0.3 is 0 Å². The third-order valence-corrected chi connectivity index (χ3v) is 6.36. The number of thioether (sulfide) groups is 2. The lowest BCUT2D eigenvalue weighted by molar-refractivity contribution is -0.122. The van der Waals surface area contributed by atoms with Gasteiger partial charge in [-0.15, -0.1) is 11.8 Å². The first-order chi connectivity index (χ1) is 13.9. The Kier molecular flexibility index (Phi) is 7.29. The molecule has 3 amide bonds. The Hall–Kier alpha value is -1.93. The first-order valence-corrected chi connectivity index (χ1v) is 11.3. The van der Waals surface area contributed by atoms with Gasteiger partial charge < -0.3 is 5.32 Å². The van der Waals surface area contributed by atoms with Crippen LogP contribution in [0.2, 0.25) is 10.0 Å². The van der Waals surface area contributed by atoms with E-state index in [1.165, 1.54) is 11.8 Å². The lowest BCUT2D eigenvalue weighted by atomic mass is 10.2. The van der Waals surface area contributed by atoms with Crippen molar-refractivity contribution in [2.45, 2.75) is 4.90 Å². The molecule has 0 saturated carbocycles. The predicted molar refractivity (Wildman–Crippen MR) is 120 cm³/mol. The third kappa shape index (κ3) is 5.17. The van der Waals surface area contributed by atoms with Crippen molar-refractivity contribution in [1.29, 1.82) is 0 Å². The van der Waals surface area contributed by atoms with Gasteiger partial charge in [0.25, 0.3) is 17.1 Å². The summed E-state index contributed by atoms with van der Waals surface area (Å²) in [7, 11) is 0. The van der Waals surface area contributed by atoms with Crippen LogP contribution in [0, 0.1) is 0 Å². The quantitative estimate of drug-likeness (QED) is 0.469. The highest BCUT2D eigenvalue weighted by Crippen LogP contribution is 2.33. The van der Waals surface area contributed by atoms with Crippen LogP contribution in [0.5, 0.6) is 0 Å².